The fourth-order valence-electron chi connectivity index (χ4n) is 2.18. The maximum Gasteiger partial charge on any atom is 0.346 e. The zero-order valence-corrected chi connectivity index (χ0v) is 12.9. The Balaban J connectivity index is 2.32. The number of hydrogen-bond donors (Lipinski definition) is 2. The van der Waals surface area contributed by atoms with Crippen molar-refractivity contribution in [2.45, 2.75) is 6.10 Å². The summed E-state index contributed by atoms with van der Waals surface area (Å²) in [5.41, 5.74) is 0.0574. The summed E-state index contributed by atoms with van der Waals surface area (Å²) >= 11 is 0. The first-order valence-corrected chi connectivity index (χ1v) is 7.22. The molecule has 0 aromatic heterocycles. The number of aliphatic carboxylic acids is 2. The van der Waals surface area contributed by atoms with Crippen LogP contribution in [-0.2, 0) is 14.3 Å². The molecule has 0 fully saturated rings. The predicted octanol–water partition coefficient (Wildman–Crippen LogP) is 1.88. The predicted molar refractivity (Wildman–Crippen MR) is 85.2 cm³/mol. The van der Waals surface area contributed by atoms with Crippen LogP contribution < -0.4 is 0 Å². The van der Waals surface area contributed by atoms with E-state index in [-0.39, 0.29) is 11.1 Å². The van der Waals surface area contributed by atoms with Crippen molar-refractivity contribution in [3.05, 3.63) is 71.8 Å². The van der Waals surface area contributed by atoms with Crippen molar-refractivity contribution in [2.75, 3.05) is 0 Å². The van der Waals surface area contributed by atoms with Crippen molar-refractivity contribution in [3.8, 4) is 0 Å². The number of hydrogen-bond acceptors (Lipinski definition) is 5. The van der Waals surface area contributed by atoms with Crippen LogP contribution in [0.3, 0.4) is 0 Å². The number of carboxylic acid groups (broad SMARTS) is 2. The number of rotatable bonds is 7. The van der Waals surface area contributed by atoms with Gasteiger partial charge in [-0.2, -0.15) is 0 Å². The number of esters is 1. The highest BCUT2D eigenvalue weighted by molar-refractivity contribution is 6.11. The molecule has 0 radical (unpaired) electrons. The highest BCUT2D eigenvalue weighted by Crippen LogP contribution is 2.18. The second kappa shape index (κ2) is 7.87. The first kappa shape index (κ1) is 17.9. The normalized spacial score (nSPS) is 12.6. The summed E-state index contributed by atoms with van der Waals surface area (Å²) in [5.74, 6) is -7.46. The molecule has 0 spiro atoms. The van der Waals surface area contributed by atoms with E-state index in [2.05, 4.69) is 0 Å². The van der Waals surface area contributed by atoms with Gasteiger partial charge in [0.15, 0.2) is 11.7 Å². The van der Waals surface area contributed by atoms with Gasteiger partial charge in [0, 0.05) is 5.56 Å². The first-order chi connectivity index (χ1) is 11.9. The number of carbonyl (C=O) groups is 4. The second-order valence-electron chi connectivity index (χ2n) is 5.08. The van der Waals surface area contributed by atoms with Crippen LogP contribution in [0.1, 0.15) is 20.7 Å². The van der Waals surface area contributed by atoms with Crippen LogP contribution in [0.15, 0.2) is 60.7 Å². The molecule has 0 aliphatic rings. The SMILES string of the molecule is O=C(OC(C(=O)O)[C@H](C(=O)O)C(=O)c1ccccc1)c1ccccc1. The summed E-state index contributed by atoms with van der Waals surface area (Å²) in [5, 5.41) is 18.6. The van der Waals surface area contributed by atoms with Crippen LogP contribution in [0.5, 0.6) is 0 Å². The smallest absolute Gasteiger partial charge is 0.346 e. The van der Waals surface area contributed by atoms with E-state index in [1.54, 1.807) is 12.1 Å². The molecule has 25 heavy (non-hydrogen) atoms. The minimum Gasteiger partial charge on any atom is -0.481 e. The van der Waals surface area contributed by atoms with Gasteiger partial charge in [-0.25, -0.2) is 9.59 Å². The molecule has 2 aromatic rings. The van der Waals surface area contributed by atoms with E-state index < -0.39 is 35.7 Å². The van der Waals surface area contributed by atoms with E-state index in [1.165, 1.54) is 48.5 Å². The molecule has 0 amide bonds. The molecule has 1 unspecified atom stereocenters. The Hall–Kier alpha value is -3.48. The van der Waals surface area contributed by atoms with Crippen molar-refractivity contribution >= 4 is 23.7 Å². The largest absolute Gasteiger partial charge is 0.481 e. The molecule has 0 saturated heterocycles. The van der Waals surface area contributed by atoms with E-state index in [9.17, 15) is 29.4 Å². The molecule has 0 saturated carbocycles. The fraction of sp³-hybridized carbons (Fsp3) is 0.111. The Labute approximate surface area is 142 Å². The Bertz CT molecular complexity index is 784. The van der Waals surface area contributed by atoms with Crippen molar-refractivity contribution in [1.82, 2.24) is 0 Å². The third-order valence-electron chi connectivity index (χ3n) is 3.40. The Kier molecular flexibility index (Phi) is 5.62. The molecule has 2 N–H and O–H groups in total. The van der Waals surface area contributed by atoms with E-state index in [1.807, 2.05) is 0 Å². The van der Waals surface area contributed by atoms with E-state index in [4.69, 9.17) is 4.74 Å². The highest BCUT2D eigenvalue weighted by atomic mass is 16.6. The number of ketones is 1. The van der Waals surface area contributed by atoms with Crippen LogP contribution in [0, 0.1) is 5.92 Å². The summed E-state index contributed by atoms with van der Waals surface area (Å²) in [7, 11) is 0. The molecule has 0 aliphatic carbocycles. The lowest BCUT2D eigenvalue weighted by molar-refractivity contribution is -0.157. The third kappa shape index (κ3) is 4.29. The van der Waals surface area contributed by atoms with Crippen molar-refractivity contribution < 1.29 is 34.1 Å². The lowest BCUT2D eigenvalue weighted by Crippen LogP contribution is -2.43. The van der Waals surface area contributed by atoms with Gasteiger partial charge in [0.1, 0.15) is 0 Å². The first-order valence-electron chi connectivity index (χ1n) is 7.22. The maximum atomic E-state index is 12.4. The minimum absolute atomic E-state index is 0.0110. The molecule has 7 nitrogen and oxygen atoms in total. The molecule has 2 aromatic carbocycles. The summed E-state index contributed by atoms with van der Waals surface area (Å²) in [6.45, 7) is 0. The fourth-order valence-corrected chi connectivity index (χ4v) is 2.18. The zero-order valence-electron chi connectivity index (χ0n) is 12.9. The number of carbonyl (C=O) groups excluding carboxylic acids is 2. The van der Waals surface area contributed by atoms with Gasteiger partial charge in [0.05, 0.1) is 5.56 Å². The topological polar surface area (TPSA) is 118 Å². The zero-order chi connectivity index (χ0) is 18.4. The van der Waals surface area contributed by atoms with E-state index >= 15 is 0 Å². The van der Waals surface area contributed by atoms with E-state index in [0.717, 1.165) is 0 Å². The average Bonchev–Trinajstić information content (AvgIpc) is 2.62. The molecule has 128 valence electrons. The lowest BCUT2D eigenvalue weighted by Gasteiger charge is -2.20. The summed E-state index contributed by atoms with van der Waals surface area (Å²) < 4.78 is 4.82. The molecule has 7 heteroatoms. The van der Waals surface area contributed by atoms with E-state index in [0.29, 0.717) is 0 Å². The number of benzene rings is 2. The van der Waals surface area contributed by atoms with Gasteiger partial charge in [0.25, 0.3) is 0 Å². The number of carboxylic acids is 2. The number of ether oxygens (including phenoxy) is 1. The van der Waals surface area contributed by atoms with Crippen molar-refractivity contribution in [3.63, 3.8) is 0 Å². The third-order valence-corrected chi connectivity index (χ3v) is 3.40. The van der Waals surface area contributed by atoms with Gasteiger partial charge >= 0.3 is 17.9 Å². The minimum atomic E-state index is -2.15. The summed E-state index contributed by atoms with van der Waals surface area (Å²) in [6, 6.07) is 14.8. The van der Waals surface area contributed by atoms with Crippen LogP contribution in [0.2, 0.25) is 0 Å². The quantitative estimate of drug-likeness (QED) is 0.448. The highest BCUT2D eigenvalue weighted by Gasteiger charge is 2.42. The molecule has 0 heterocycles. The molecule has 0 aliphatic heterocycles. The van der Waals surface area contributed by atoms with Gasteiger partial charge < -0.3 is 14.9 Å². The monoisotopic (exact) mass is 342 g/mol. The average molecular weight is 342 g/mol. The maximum absolute atomic E-state index is 12.4. The van der Waals surface area contributed by atoms with Gasteiger partial charge in [-0.15, -0.1) is 0 Å². The van der Waals surface area contributed by atoms with Crippen molar-refractivity contribution in [2.24, 2.45) is 5.92 Å². The van der Waals surface area contributed by atoms with Crippen molar-refractivity contribution in [1.29, 1.82) is 0 Å². The standard InChI is InChI=1S/C18H14O7/c19-14(11-7-3-1-4-8-11)13(16(20)21)15(17(22)23)25-18(24)12-9-5-2-6-10-12/h1-10,13,15H,(H,20,21)(H,22,23)/t13-,15?/m1/s1. The Morgan fingerprint density at radius 3 is 1.64 bits per heavy atom. The van der Waals surface area contributed by atoms with Gasteiger partial charge in [-0.05, 0) is 12.1 Å². The van der Waals surface area contributed by atoms with Gasteiger partial charge in [-0.1, -0.05) is 48.5 Å². The van der Waals surface area contributed by atoms with Gasteiger partial charge in [-0.3, -0.25) is 9.59 Å². The van der Waals surface area contributed by atoms with Gasteiger partial charge in [0.2, 0.25) is 6.10 Å². The number of Topliss-reactive ketones (excluding diaryl/α,β-unsaturated/α-hetero) is 1. The second-order valence-corrected chi connectivity index (χ2v) is 5.08. The molecular formula is C18H14O7. The lowest BCUT2D eigenvalue weighted by atomic mass is 9.92. The van der Waals surface area contributed by atoms with Crippen LogP contribution >= 0.6 is 0 Å². The molecule has 2 rings (SSSR count). The van der Waals surface area contributed by atoms with Crippen LogP contribution in [0.25, 0.3) is 0 Å². The summed E-state index contributed by atoms with van der Waals surface area (Å²) in [4.78, 5) is 47.4. The summed E-state index contributed by atoms with van der Waals surface area (Å²) in [6.07, 6.45) is -2.15. The molecular weight excluding hydrogens is 328 g/mol. The van der Waals surface area contributed by atoms with Crippen LogP contribution in [-0.4, -0.2) is 40.0 Å². The molecule has 2 atom stereocenters. The van der Waals surface area contributed by atoms with Crippen LogP contribution in [0.4, 0.5) is 0 Å². The Morgan fingerprint density at radius 2 is 1.20 bits per heavy atom. The Morgan fingerprint density at radius 1 is 0.720 bits per heavy atom. The molecule has 0 bridgehead atoms.